The quantitative estimate of drug-likeness (QED) is 0.516. The van der Waals surface area contributed by atoms with Gasteiger partial charge in [-0.05, 0) is 31.4 Å². The molecular weight excluding hydrogens is 346 g/mol. The van der Waals surface area contributed by atoms with E-state index < -0.39 is 0 Å². The van der Waals surface area contributed by atoms with Gasteiger partial charge in [-0.25, -0.2) is 4.98 Å². The maximum atomic E-state index is 13.0. The van der Waals surface area contributed by atoms with Crippen molar-refractivity contribution in [3.8, 4) is 5.69 Å². The summed E-state index contributed by atoms with van der Waals surface area (Å²) in [5, 5.41) is 6.02. The molecule has 0 aliphatic heterocycles. The van der Waals surface area contributed by atoms with E-state index in [-0.39, 0.29) is 5.56 Å². The molecule has 24 heavy (non-hydrogen) atoms. The molecule has 0 bridgehead atoms. The molecule has 0 saturated carbocycles. The Balaban J connectivity index is 2.10. The second-order valence-electron chi connectivity index (χ2n) is 5.21. The van der Waals surface area contributed by atoms with Crippen molar-refractivity contribution in [2.75, 3.05) is 6.26 Å². The minimum Gasteiger partial charge on any atom is -0.282 e. The first kappa shape index (κ1) is 15.2. The summed E-state index contributed by atoms with van der Waals surface area (Å²) in [4.78, 5) is 21.8. The fraction of sp³-hybridized carbons (Fsp3) is 0.125. The van der Waals surface area contributed by atoms with Gasteiger partial charge in [-0.1, -0.05) is 35.5 Å². The van der Waals surface area contributed by atoms with Crippen LogP contribution in [0.1, 0.15) is 5.69 Å². The molecule has 0 aliphatic carbocycles. The monoisotopic (exact) mass is 357 g/mol. The Morgan fingerprint density at radius 2 is 1.96 bits per heavy atom. The Hall–Kier alpha value is -2.38. The van der Waals surface area contributed by atoms with E-state index in [1.165, 1.54) is 16.3 Å². The summed E-state index contributed by atoms with van der Waals surface area (Å²) in [6, 6.07) is 9.06. The summed E-state index contributed by atoms with van der Waals surface area (Å²) in [5.74, 6) is 0.485. The number of fused-ring (bicyclic) bond motifs is 3. The second kappa shape index (κ2) is 5.61. The van der Waals surface area contributed by atoms with E-state index in [1.807, 2.05) is 24.5 Å². The number of aryl methyl sites for hydroxylation is 1. The van der Waals surface area contributed by atoms with Gasteiger partial charge in [-0.3, -0.25) is 9.36 Å². The first-order valence-corrected chi connectivity index (χ1v) is 8.78. The molecule has 6 nitrogen and oxygen atoms in total. The molecule has 0 aliphatic rings. The highest BCUT2D eigenvalue weighted by Crippen LogP contribution is 2.21. The summed E-state index contributed by atoms with van der Waals surface area (Å²) < 4.78 is 3.13. The molecule has 0 unspecified atom stereocenters. The van der Waals surface area contributed by atoms with Crippen LogP contribution < -0.4 is 5.56 Å². The Kier molecular flexibility index (Phi) is 3.54. The van der Waals surface area contributed by atoms with Crippen LogP contribution in [0.25, 0.3) is 22.4 Å². The maximum Gasteiger partial charge on any atom is 0.266 e. The number of hydrogen-bond donors (Lipinski definition) is 0. The van der Waals surface area contributed by atoms with Crippen LogP contribution in [0.3, 0.4) is 0 Å². The number of halogens is 1. The van der Waals surface area contributed by atoms with Gasteiger partial charge < -0.3 is 0 Å². The van der Waals surface area contributed by atoms with Crippen LogP contribution >= 0.6 is 23.4 Å². The van der Waals surface area contributed by atoms with Crippen LogP contribution in [0.15, 0.2) is 46.5 Å². The van der Waals surface area contributed by atoms with E-state index >= 15 is 0 Å². The number of benzene rings is 1. The molecule has 0 amide bonds. The number of pyridine rings is 1. The molecule has 4 aromatic rings. The summed E-state index contributed by atoms with van der Waals surface area (Å²) in [6.07, 6.45) is 3.60. The van der Waals surface area contributed by atoms with Crippen LogP contribution in [0.5, 0.6) is 0 Å². The third kappa shape index (κ3) is 2.20. The van der Waals surface area contributed by atoms with Gasteiger partial charge in [0.05, 0.1) is 27.3 Å². The van der Waals surface area contributed by atoms with Crippen molar-refractivity contribution in [1.82, 2.24) is 24.1 Å². The molecule has 8 heteroatoms. The molecule has 0 N–H and O–H groups in total. The highest BCUT2D eigenvalue weighted by Gasteiger charge is 2.15. The predicted molar refractivity (Wildman–Crippen MR) is 95.4 cm³/mol. The lowest BCUT2D eigenvalue weighted by molar-refractivity contribution is 0.901. The molecule has 0 saturated heterocycles. The average molecular weight is 358 g/mol. The van der Waals surface area contributed by atoms with Crippen molar-refractivity contribution in [2.24, 2.45) is 0 Å². The summed E-state index contributed by atoms with van der Waals surface area (Å²) >= 11 is 7.66. The minimum absolute atomic E-state index is 0.186. The van der Waals surface area contributed by atoms with Gasteiger partial charge in [-0.15, -0.1) is 5.10 Å². The Morgan fingerprint density at radius 3 is 2.71 bits per heavy atom. The van der Waals surface area contributed by atoms with Crippen LogP contribution in [0.2, 0.25) is 5.02 Å². The van der Waals surface area contributed by atoms with Gasteiger partial charge >= 0.3 is 0 Å². The lowest BCUT2D eigenvalue weighted by atomic mass is 10.2. The molecule has 0 fully saturated rings. The average Bonchev–Trinajstić information content (AvgIpc) is 2.99. The molecule has 3 aromatic heterocycles. The van der Waals surface area contributed by atoms with Gasteiger partial charge in [-0.2, -0.15) is 9.50 Å². The van der Waals surface area contributed by atoms with Gasteiger partial charge in [0.2, 0.25) is 5.16 Å². The second-order valence-corrected chi connectivity index (χ2v) is 6.39. The maximum absolute atomic E-state index is 13.0. The van der Waals surface area contributed by atoms with E-state index in [4.69, 9.17) is 11.6 Å². The largest absolute Gasteiger partial charge is 0.282 e. The Bertz CT molecular complexity index is 1150. The molecule has 120 valence electrons. The fourth-order valence-corrected chi connectivity index (χ4v) is 3.25. The van der Waals surface area contributed by atoms with Crippen molar-refractivity contribution in [2.45, 2.75) is 12.1 Å². The SMILES string of the molecule is CSc1nc2nc(C)c3c(=O)n(-c4ccccc4Cl)ccc3n2n1. The zero-order valence-corrected chi connectivity index (χ0v) is 14.5. The van der Waals surface area contributed by atoms with Crippen LogP contribution in [-0.4, -0.2) is 30.4 Å². The third-order valence-electron chi connectivity index (χ3n) is 3.79. The van der Waals surface area contributed by atoms with Crippen LogP contribution in [0.4, 0.5) is 0 Å². The van der Waals surface area contributed by atoms with Crippen molar-refractivity contribution in [3.63, 3.8) is 0 Å². The molecule has 3 heterocycles. The topological polar surface area (TPSA) is 65.1 Å². The number of aromatic nitrogens is 5. The lowest BCUT2D eigenvalue weighted by Gasteiger charge is -2.10. The van der Waals surface area contributed by atoms with Gasteiger partial charge in [0.1, 0.15) is 0 Å². The molecule has 0 radical (unpaired) electrons. The normalized spacial score (nSPS) is 11.5. The van der Waals surface area contributed by atoms with Gasteiger partial charge in [0, 0.05) is 6.20 Å². The summed E-state index contributed by atoms with van der Waals surface area (Å²) in [5.41, 5.74) is 1.74. The van der Waals surface area contributed by atoms with Crippen LogP contribution in [-0.2, 0) is 0 Å². The fourth-order valence-electron chi connectivity index (χ4n) is 2.69. The zero-order chi connectivity index (χ0) is 16.8. The van der Waals surface area contributed by atoms with Crippen molar-refractivity contribution in [1.29, 1.82) is 0 Å². The predicted octanol–water partition coefficient (Wildman–Crippen LogP) is 3.11. The highest BCUT2D eigenvalue weighted by molar-refractivity contribution is 7.98. The van der Waals surface area contributed by atoms with Crippen molar-refractivity contribution >= 4 is 40.0 Å². The smallest absolute Gasteiger partial charge is 0.266 e. The number of hydrogen-bond acceptors (Lipinski definition) is 5. The van der Waals surface area contributed by atoms with Crippen LogP contribution in [0, 0.1) is 6.92 Å². The minimum atomic E-state index is -0.186. The number of para-hydroxylation sites is 1. The Labute approximate surface area is 146 Å². The van der Waals surface area contributed by atoms with E-state index in [1.54, 1.807) is 29.8 Å². The summed E-state index contributed by atoms with van der Waals surface area (Å²) in [6.45, 7) is 1.80. The number of thioether (sulfide) groups is 1. The summed E-state index contributed by atoms with van der Waals surface area (Å²) in [7, 11) is 0. The van der Waals surface area contributed by atoms with Gasteiger partial charge in [0.25, 0.3) is 11.3 Å². The van der Waals surface area contributed by atoms with E-state index in [9.17, 15) is 4.79 Å². The number of nitrogens with zero attached hydrogens (tertiary/aromatic N) is 5. The van der Waals surface area contributed by atoms with Crippen molar-refractivity contribution in [3.05, 3.63) is 57.6 Å². The van der Waals surface area contributed by atoms with Gasteiger partial charge in [0.15, 0.2) is 0 Å². The lowest BCUT2D eigenvalue weighted by Crippen LogP contribution is -2.20. The highest BCUT2D eigenvalue weighted by atomic mass is 35.5. The third-order valence-corrected chi connectivity index (χ3v) is 4.65. The zero-order valence-electron chi connectivity index (χ0n) is 12.9. The Morgan fingerprint density at radius 1 is 1.17 bits per heavy atom. The van der Waals surface area contributed by atoms with E-state index in [0.717, 1.165) is 0 Å². The molecule has 0 spiro atoms. The standard InChI is InChI=1S/C16H12ClN5OS/c1-9-13-12(22-15(18-9)19-16(20-22)24-2)7-8-21(14(13)23)11-6-4-3-5-10(11)17/h3-8H,1-2H3. The molecule has 1 aromatic carbocycles. The van der Waals surface area contributed by atoms with E-state index in [0.29, 0.717) is 38.2 Å². The number of rotatable bonds is 2. The molecule has 4 rings (SSSR count). The van der Waals surface area contributed by atoms with E-state index in [2.05, 4.69) is 15.1 Å². The molecular formula is C16H12ClN5OS. The first-order valence-electron chi connectivity index (χ1n) is 7.18. The first-order chi connectivity index (χ1) is 11.6. The van der Waals surface area contributed by atoms with Crippen molar-refractivity contribution < 1.29 is 0 Å². The molecule has 0 atom stereocenters.